The number of rotatable bonds is 5. The first-order chi connectivity index (χ1) is 11.8. The van der Waals surface area contributed by atoms with Crippen LogP contribution in [-0.4, -0.2) is 17.7 Å². The highest BCUT2D eigenvalue weighted by Crippen LogP contribution is 2.31. The van der Waals surface area contributed by atoms with Crippen LogP contribution in [0.15, 0.2) is 47.8 Å². The minimum atomic E-state index is -2.98. The summed E-state index contributed by atoms with van der Waals surface area (Å²) in [6, 6.07) is 8.34. The Balaban J connectivity index is 0.000000970. The number of pyridine rings is 1. The number of benzene rings is 1. The Hall–Kier alpha value is -2.79. The Labute approximate surface area is 147 Å². The maximum absolute atomic E-state index is 13.5. The number of halogens is 3. The second kappa shape index (κ2) is 9.49. The standard InChI is InChI=1S/C15H13ClF2N4.CO2/c1-15(17,18)12-6-11(7-20-8-12)14(9-21-22-19)10-2-4-13(16)5-3-10;2-1-3/h2-8,14H,9H2,1H3;/t14-;/m0./s1. The van der Waals surface area contributed by atoms with Crippen molar-refractivity contribution in [3.05, 3.63) is 74.9 Å². The average Bonchev–Trinajstić information content (AvgIpc) is 2.57. The van der Waals surface area contributed by atoms with E-state index in [0.29, 0.717) is 10.6 Å². The summed E-state index contributed by atoms with van der Waals surface area (Å²) in [5.74, 6) is -3.34. The van der Waals surface area contributed by atoms with Crippen molar-refractivity contribution < 1.29 is 18.4 Å². The topological polar surface area (TPSA) is 95.8 Å². The van der Waals surface area contributed by atoms with Gasteiger partial charge in [-0.1, -0.05) is 28.8 Å². The lowest BCUT2D eigenvalue weighted by molar-refractivity contribution is -0.191. The first-order valence-electron chi connectivity index (χ1n) is 6.92. The lowest BCUT2D eigenvalue weighted by Crippen LogP contribution is -2.11. The molecular formula is C16H13ClF2N4O2. The third-order valence-electron chi connectivity index (χ3n) is 3.27. The average molecular weight is 367 g/mol. The van der Waals surface area contributed by atoms with Crippen LogP contribution in [-0.2, 0) is 15.5 Å². The van der Waals surface area contributed by atoms with Crippen LogP contribution in [0.4, 0.5) is 8.78 Å². The molecule has 0 unspecified atom stereocenters. The van der Waals surface area contributed by atoms with Crippen LogP contribution in [0, 0.1) is 0 Å². The van der Waals surface area contributed by atoms with Crippen LogP contribution in [0.25, 0.3) is 10.4 Å². The molecule has 0 aliphatic heterocycles. The van der Waals surface area contributed by atoms with E-state index in [1.54, 1.807) is 24.3 Å². The molecule has 2 rings (SSSR count). The van der Waals surface area contributed by atoms with E-state index in [-0.39, 0.29) is 24.2 Å². The van der Waals surface area contributed by atoms with Crippen molar-refractivity contribution in [1.82, 2.24) is 4.98 Å². The largest absolute Gasteiger partial charge is 0.373 e. The predicted octanol–water partition coefficient (Wildman–Crippen LogP) is 4.71. The normalized spacial score (nSPS) is 11.4. The summed E-state index contributed by atoms with van der Waals surface area (Å²) in [7, 11) is 0. The fourth-order valence-corrected chi connectivity index (χ4v) is 2.23. The number of hydrogen-bond donors (Lipinski definition) is 0. The van der Waals surface area contributed by atoms with Gasteiger partial charge in [0.1, 0.15) is 0 Å². The molecule has 0 radical (unpaired) electrons. The minimum Gasteiger partial charge on any atom is -0.264 e. The molecule has 0 bridgehead atoms. The highest BCUT2D eigenvalue weighted by Gasteiger charge is 2.26. The summed E-state index contributed by atoms with van der Waals surface area (Å²) >= 11 is 5.86. The summed E-state index contributed by atoms with van der Waals surface area (Å²) in [5.41, 5.74) is 9.74. The minimum absolute atomic E-state index is 0.110. The number of hydrogen-bond acceptors (Lipinski definition) is 4. The summed E-state index contributed by atoms with van der Waals surface area (Å²) in [6.45, 7) is 0.928. The van der Waals surface area contributed by atoms with Gasteiger partial charge >= 0.3 is 6.15 Å². The molecule has 2 aromatic rings. The van der Waals surface area contributed by atoms with Gasteiger partial charge in [-0.3, -0.25) is 4.98 Å². The molecule has 0 N–H and O–H groups in total. The molecule has 0 amide bonds. The maximum atomic E-state index is 13.5. The Bertz CT molecular complexity index is 781. The molecule has 1 aromatic heterocycles. The molecule has 0 aliphatic rings. The second-order valence-electron chi connectivity index (χ2n) is 5.00. The zero-order chi connectivity index (χ0) is 18.9. The van der Waals surface area contributed by atoms with Gasteiger partial charge in [0.2, 0.25) is 0 Å². The molecule has 1 heterocycles. The second-order valence-corrected chi connectivity index (χ2v) is 5.43. The van der Waals surface area contributed by atoms with E-state index >= 15 is 0 Å². The molecule has 0 saturated carbocycles. The number of azide groups is 1. The third kappa shape index (κ3) is 6.31. The van der Waals surface area contributed by atoms with Crippen LogP contribution in [0.1, 0.15) is 29.5 Å². The van der Waals surface area contributed by atoms with Gasteiger partial charge < -0.3 is 0 Å². The molecule has 25 heavy (non-hydrogen) atoms. The maximum Gasteiger partial charge on any atom is 0.373 e. The third-order valence-corrected chi connectivity index (χ3v) is 3.52. The van der Waals surface area contributed by atoms with Gasteiger partial charge in [-0.2, -0.15) is 9.59 Å². The van der Waals surface area contributed by atoms with Crippen LogP contribution >= 0.6 is 11.6 Å². The molecule has 9 heteroatoms. The SMILES string of the molecule is CC(F)(F)c1cncc([C@@H](CN=[N+]=[N-])c2ccc(Cl)cc2)c1.O=C=O. The van der Waals surface area contributed by atoms with E-state index in [0.717, 1.165) is 18.7 Å². The molecular weight excluding hydrogens is 354 g/mol. The summed E-state index contributed by atoms with van der Waals surface area (Å²) in [5, 5.41) is 4.14. The van der Waals surface area contributed by atoms with Crippen molar-refractivity contribution >= 4 is 17.8 Å². The van der Waals surface area contributed by atoms with Gasteiger partial charge in [0.25, 0.3) is 5.92 Å². The Morgan fingerprint density at radius 2 is 1.88 bits per heavy atom. The summed E-state index contributed by atoms with van der Waals surface area (Å²) in [4.78, 5) is 22.9. The van der Waals surface area contributed by atoms with Gasteiger partial charge in [0.15, 0.2) is 0 Å². The smallest absolute Gasteiger partial charge is 0.264 e. The van der Waals surface area contributed by atoms with Crippen molar-refractivity contribution in [3.63, 3.8) is 0 Å². The molecule has 0 saturated heterocycles. The highest BCUT2D eigenvalue weighted by atomic mass is 35.5. The van der Waals surface area contributed by atoms with E-state index in [9.17, 15) is 8.78 Å². The van der Waals surface area contributed by atoms with E-state index in [1.807, 2.05) is 0 Å². The fourth-order valence-electron chi connectivity index (χ4n) is 2.10. The molecule has 0 aliphatic carbocycles. The number of alkyl halides is 2. The van der Waals surface area contributed by atoms with E-state index < -0.39 is 5.92 Å². The number of aromatic nitrogens is 1. The van der Waals surface area contributed by atoms with Crippen molar-refractivity contribution in [2.75, 3.05) is 6.54 Å². The molecule has 130 valence electrons. The van der Waals surface area contributed by atoms with Gasteiger partial charge in [-0.25, -0.2) is 8.78 Å². The molecule has 0 fully saturated rings. The summed E-state index contributed by atoms with van der Waals surface area (Å²) < 4.78 is 26.9. The number of carbonyl (C=O) groups excluding carboxylic acids is 2. The molecule has 1 atom stereocenters. The van der Waals surface area contributed by atoms with E-state index in [1.165, 1.54) is 12.3 Å². The van der Waals surface area contributed by atoms with Crippen molar-refractivity contribution in [3.8, 4) is 0 Å². The molecule has 0 spiro atoms. The highest BCUT2D eigenvalue weighted by molar-refractivity contribution is 6.30. The fraction of sp³-hybridized carbons (Fsp3) is 0.250. The van der Waals surface area contributed by atoms with Gasteiger partial charge in [-0.15, -0.1) is 0 Å². The first-order valence-corrected chi connectivity index (χ1v) is 7.30. The Morgan fingerprint density at radius 1 is 1.28 bits per heavy atom. The predicted molar refractivity (Wildman–Crippen MR) is 86.1 cm³/mol. The van der Waals surface area contributed by atoms with Crippen molar-refractivity contribution in [1.29, 1.82) is 0 Å². The van der Waals surface area contributed by atoms with Gasteiger partial charge in [0, 0.05) is 47.3 Å². The Morgan fingerprint density at radius 3 is 2.40 bits per heavy atom. The summed E-state index contributed by atoms with van der Waals surface area (Å²) in [6.07, 6.45) is 2.89. The van der Waals surface area contributed by atoms with Gasteiger partial charge in [-0.05, 0) is 34.9 Å². The lowest BCUT2D eigenvalue weighted by Gasteiger charge is -2.18. The van der Waals surface area contributed by atoms with Crippen molar-refractivity contribution in [2.45, 2.75) is 18.8 Å². The quantitative estimate of drug-likeness (QED) is 0.435. The van der Waals surface area contributed by atoms with Crippen molar-refractivity contribution in [2.24, 2.45) is 5.11 Å². The van der Waals surface area contributed by atoms with Crippen LogP contribution in [0.2, 0.25) is 5.02 Å². The van der Waals surface area contributed by atoms with Crippen LogP contribution < -0.4 is 0 Å². The Kier molecular flexibility index (Phi) is 7.69. The zero-order valence-corrected chi connectivity index (χ0v) is 13.8. The van der Waals surface area contributed by atoms with Gasteiger partial charge in [0.05, 0.1) is 0 Å². The van der Waals surface area contributed by atoms with E-state index in [2.05, 4.69) is 15.0 Å². The molecule has 1 aromatic carbocycles. The van der Waals surface area contributed by atoms with E-state index in [4.69, 9.17) is 26.7 Å². The molecule has 6 nitrogen and oxygen atoms in total. The van der Waals surface area contributed by atoms with Crippen LogP contribution in [0.5, 0.6) is 0 Å². The monoisotopic (exact) mass is 366 g/mol. The zero-order valence-electron chi connectivity index (χ0n) is 13.1. The number of nitrogens with zero attached hydrogens (tertiary/aromatic N) is 4. The first kappa shape index (κ1) is 20.3. The van der Waals surface area contributed by atoms with Crippen LogP contribution in [0.3, 0.4) is 0 Å². The lowest BCUT2D eigenvalue weighted by atomic mass is 9.91.